The molecule has 0 spiro atoms. The fraction of sp³-hybridized carbons (Fsp3) is 0.250. The average Bonchev–Trinajstić information content (AvgIpc) is 2.64. The lowest BCUT2D eigenvalue weighted by atomic mass is 10.2. The van der Waals surface area contributed by atoms with Crippen molar-refractivity contribution in [2.75, 3.05) is 24.6 Å². The fourth-order valence-electron chi connectivity index (χ4n) is 1.92. The second kappa shape index (κ2) is 3.46. The summed E-state index contributed by atoms with van der Waals surface area (Å²) in [4.78, 5) is 1.99. The number of hydrogen-bond acceptors (Lipinski definition) is 4. The van der Waals surface area contributed by atoms with Gasteiger partial charge < -0.3 is 14.2 Å². The minimum atomic E-state index is 0.513. The molecule has 80 valence electrons. The van der Waals surface area contributed by atoms with Crippen molar-refractivity contribution in [1.29, 1.82) is 0 Å². The van der Waals surface area contributed by atoms with E-state index in [9.17, 15) is 0 Å². The molecule has 4 heteroatoms. The predicted molar refractivity (Wildman–Crippen MR) is 60.6 cm³/mol. The molecule has 2 heterocycles. The normalized spacial score (nSPS) is 14.3. The summed E-state index contributed by atoms with van der Waals surface area (Å²) in [5, 5.41) is 4.97. The highest BCUT2D eigenvalue weighted by molar-refractivity contribution is 5.94. The van der Waals surface area contributed by atoms with Gasteiger partial charge in [-0.2, -0.15) is 0 Å². The zero-order chi connectivity index (χ0) is 11.0. The van der Waals surface area contributed by atoms with Gasteiger partial charge in [0.05, 0.1) is 13.1 Å². The van der Waals surface area contributed by atoms with Gasteiger partial charge >= 0.3 is 0 Å². The quantitative estimate of drug-likeness (QED) is 0.677. The largest absolute Gasteiger partial charge is 0.491 e. The van der Waals surface area contributed by atoms with Gasteiger partial charge in [0.1, 0.15) is 17.7 Å². The molecule has 0 bridgehead atoms. The van der Waals surface area contributed by atoms with Crippen LogP contribution in [0.15, 0.2) is 22.7 Å². The molecule has 0 N–H and O–H groups in total. The maximum Gasteiger partial charge on any atom is 0.184 e. The third-order valence-corrected chi connectivity index (χ3v) is 2.64. The van der Waals surface area contributed by atoms with E-state index in [1.165, 1.54) is 0 Å². The number of hydrogen-bond donors (Lipinski definition) is 0. The topological polar surface area (TPSA) is 38.5 Å². The molecule has 16 heavy (non-hydrogen) atoms. The van der Waals surface area contributed by atoms with Gasteiger partial charge in [0.2, 0.25) is 0 Å². The zero-order valence-electron chi connectivity index (χ0n) is 8.64. The number of nitrogens with zero attached hydrogens (tertiary/aromatic N) is 2. The number of anilines is 1. The summed E-state index contributed by atoms with van der Waals surface area (Å²) in [6.07, 6.45) is 5.34. The summed E-state index contributed by atoms with van der Waals surface area (Å²) < 4.78 is 10.9. The number of benzene rings is 1. The van der Waals surface area contributed by atoms with Crippen molar-refractivity contribution in [3.63, 3.8) is 0 Å². The van der Waals surface area contributed by atoms with E-state index in [1.807, 2.05) is 23.1 Å². The molecule has 1 aliphatic heterocycles. The number of rotatable bonds is 1. The Bertz CT molecular complexity index is 568. The van der Waals surface area contributed by atoms with Crippen LogP contribution in [0.4, 0.5) is 5.82 Å². The van der Waals surface area contributed by atoms with Crippen LogP contribution in [0.1, 0.15) is 0 Å². The smallest absolute Gasteiger partial charge is 0.184 e. The Hall–Kier alpha value is -2.15. The molecule has 2 aromatic rings. The summed E-state index contributed by atoms with van der Waals surface area (Å²) in [7, 11) is 0. The molecule has 1 aromatic carbocycles. The summed E-state index contributed by atoms with van der Waals surface area (Å²) in [5.74, 6) is 4.21. The van der Waals surface area contributed by atoms with Crippen LogP contribution in [0.5, 0.6) is 5.75 Å². The van der Waals surface area contributed by atoms with E-state index in [-0.39, 0.29) is 0 Å². The van der Waals surface area contributed by atoms with E-state index in [1.54, 1.807) is 0 Å². The molecule has 0 radical (unpaired) electrons. The van der Waals surface area contributed by atoms with Crippen molar-refractivity contribution in [1.82, 2.24) is 5.16 Å². The second-order valence-corrected chi connectivity index (χ2v) is 3.61. The van der Waals surface area contributed by atoms with Gasteiger partial charge in [-0.15, -0.1) is 6.42 Å². The van der Waals surface area contributed by atoms with Gasteiger partial charge in [0, 0.05) is 0 Å². The van der Waals surface area contributed by atoms with Crippen LogP contribution in [0.25, 0.3) is 11.0 Å². The van der Waals surface area contributed by atoms with Gasteiger partial charge in [0.15, 0.2) is 11.4 Å². The van der Waals surface area contributed by atoms with E-state index in [0.717, 1.165) is 29.1 Å². The lowest BCUT2D eigenvalue weighted by molar-refractivity contribution is 0.330. The first-order valence-electron chi connectivity index (χ1n) is 5.10. The minimum Gasteiger partial charge on any atom is -0.491 e. The first-order chi connectivity index (χ1) is 7.90. The highest BCUT2D eigenvalue weighted by atomic mass is 16.5. The number of terminal acetylenes is 1. The van der Waals surface area contributed by atoms with Crippen LogP contribution >= 0.6 is 0 Å². The van der Waals surface area contributed by atoms with Crippen molar-refractivity contribution < 1.29 is 9.26 Å². The second-order valence-electron chi connectivity index (χ2n) is 3.61. The standard InChI is InChI=1S/C12H10N2O2/c1-2-6-14-7-8-15-9-4-3-5-10-11(9)12(14)13-16-10/h1,3-5H,6-8H2. The highest BCUT2D eigenvalue weighted by Gasteiger charge is 2.21. The highest BCUT2D eigenvalue weighted by Crippen LogP contribution is 2.35. The molecular formula is C12H10N2O2. The molecule has 4 nitrogen and oxygen atoms in total. The number of aromatic nitrogens is 1. The molecule has 0 atom stereocenters. The minimum absolute atomic E-state index is 0.513. The molecule has 0 aliphatic carbocycles. The fourth-order valence-corrected chi connectivity index (χ4v) is 1.92. The lowest BCUT2D eigenvalue weighted by Crippen LogP contribution is -2.27. The van der Waals surface area contributed by atoms with E-state index in [2.05, 4.69) is 11.1 Å². The Morgan fingerprint density at radius 1 is 1.50 bits per heavy atom. The lowest BCUT2D eigenvalue weighted by Gasteiger charge is -2.15. The molecule has 0 fully saturated rings. The van der Waals surface area contributed by atoms with Crippen LogP contribution in [-0.4, -0.2) is 24.9 Å². The van der Waals surface area contributed by atoms with Crippen LogP contribution < -0.4 is 9.64 Å². The van der Waals surface area contributed by atoms with Crippen LogP contribution in [0, 0.1) is 12.3 Å². The van der Waals surface area contributed by atoms with Crippen LogP contribution in [0.3, 0.4) is 0 Å². The zero-order valence-corrected chi connectivity index (χ0v) is 8.64. The van der Waals surface area contributed by atoms with Crippen molar-refractivity contribution in [2.45, 2.75) is 0 Å². The van der Waals surface area contributed by atoms with Gasteiger partial charge in [0.25, 0.3) is 0 Å². The van der Waals surface area contributed by atoms with Gasteiger partial charge in [-0.05, 0) is 12.1 Å². The molecule has 1 aromatic heterocycles. The van der Waals surface area contributed by atoms with Gasteiger partial charge in [-0.25, -0.2) is 0 Å². The Morgan fingerprint density at radius 2 is 2.44 bits per heavy atom. The maximum atomic E-state index is 5.65. The first-order valence-corrected chi connectivity index (χ1v) is 5.10. The molecule has 0 saturated carbocycles. The van der Waals surface area contributed by atoms with Crippen LogP contribution in [-0.2, 0) is 0 Å². The van der Waals surface area contributed by atoms with Crippen molar-refractivity contribution >= 4 is 16.8 Å². The average molecular weight is 214 g/mol. The molecule has 0 amide bonds. The third-order valence-electron chi connectivity index (χ3n) is 2.64. The summed E-state index contributed by atoms with van der Waals surface area (Å²) in [6.45, 7) is 1.84. The van der Waals surface area contributed by atoms with Crippen LogP contribution in [0.2, 0.25) is 0 Å². The van der Waals surface area contributed by atoms with Gasteiger partial charge in [-0.1, -0.05) is 17.1 Å². The SMILES string of the molecule is C#CCN1CCOc2cccc3onc1c23. The molecular weight excluding hydrogens is 204 g/mol. The Kier molecular flexibility index (Phi) is 1.97. The first kappa shape index (κ1) is 9.10. The Balaban J connectivity index is 2.22. The molecule has 3 rings (SSSR count). The molecule has 1 aliphatic rings. The Labute approximate surface area is 92.8 Å². The monoisotopic (exact) mass is 214 g/mol. The predicted octanol–water partition coefficient (Wildman–Crippen LogP) is 1.66. The Morgan fingerprint density at radius 3 is 3.31 bits per heavy atom. The summed E-state index contributed by atoms with van der Waals surface area (Å²) >= 11 is 0. The van der Waals surface area contributed by atoms with E-state index < -0.39 is 0 Å². The van der Waals surface area contributed by atoms with E-state index in [4.69, 9.17) is 15.7 Å². The van der Waals surface area contributed by atoms with E-state index in [0.29, 0.717) is 13.2 Å². The summed E-state index contributed by atoms with van der Waals surface area (Å²) in [6, 6.07) is 5.68. The van der Waals surface area contributed by atoms with Gasteiger partial charge in [-0.3, -0.25) is 0 Å². The summed E-state index contributed by atoms with van der Waals surface area (Å²) in [5.41, 5.74) is 0.733. The van der Waals surface area contributed by atoms with Crippen molar-refractivity contribution in [3.8, 4) is 18.1 Å². The van der Waals surface area contributed by atoms with Crippen molar-refractivity contribution in [2.24, 2.45) is 0 Å². The van der Waals surface area contributed by atoms with Crippen molar-refractivity contribution in [3.05, 3.63) is 18.2 Å². The molecule has 0 saturated heterocycles. The molecule has 0 unspecified atom stereocenters. The number of ether oxygens (including phenoxy) is 1. The van der Waals surface area contributed by atoms with E-state index >= 15 is 0 Å². The third kappa shape index (κ3) is 1.22. The maximum absolute atomic E-state index is 5.65.